The van der Waals surface area contributed by atoms with Crippen molar-refractivity contribution in [1.29, 1.82) is 0 Å². The molecule has 0 aliphatic carbocycles. The number of amides is 1. The Balaban J connectivity index is 0.00000729. The average Bonchev–Trinajstić information content (AvgIpc) is 3.00. The summed E-state index contributed by atoms with van der Waals surface area (Å²) < 4.78 is 5.36. The summed E-state index contributed by atoms with van der Waals surface area (Å²) in [6.07, 6.45) is 2.89. The number of hydrogen-bond donors (Lipinski definition) is 2. The van der Waals surface area contributed by atoms with Gasteiger partial charge < -0.3 is 25.2 Å². The molecule has 1 fully saturated rings. The number of nitrogens with zero attached hydrogens (tertiary/aromatic N) is 3. The van der Waals surface area contributed by atoms with Crippen LogP contribution in [0.5, 0.6) is 0 Å². The molecule has 8 heteroatoms. The Morgan fingerprint density at radius 2 is 1.89 bits per heavy atom. The van der Waals surface area contributed by atoms with Gasteiger partial charge in [0.05, 0.1) is 6.04 Å². The predicted octanol–water partition coefficient (Wildman–Crippen LogP) is 3.15. The summed E-state index contributed by atoms with van der Waals surface area (Å²) in [6, 6.07) is 0.553. The van der Waals surface area contributed by atoms with Crippen LogP contribution in [0.25, 0.3) is 0 Å². The minimum absolute atomic E-state index is 0. The van der Waals surface area contributed by atoms with E-state index in [0.717, 1.165) is 32.0 Å². The summed E-state index contributed by atoms with van der Waals surface area (Å²) in [7, 11) is 6.10. The van der Waals surface area contributed by atoms with E-state index in [1.165, 1.54) is 12.8 Å². The van der Waals surface area contributed by atoms with Gasteiger partial charge in [-0.25, -0.2) is 4.79 Å². The molecule has 2 N–H and O–H groups in total. The van der Waals surface area contributed by atoms with Crippen LogP contribution in [0.4, 0.5) is 4.79 Å². The number of ether oxygens (including phenoxy) is 1. The van der Waals surface area contributed by atoms with Gasteiger partial charge in [0.1, 0.15) is 5.60 Å². The third kappa shape index (κ3) is 9.15. The van der Waals surface area contributed by atoms with Crippen molar-refractivity contribution in [3.63, 3.8) is 0 Å². The Bertz CT molecular complexity index is 489. The fourth-order valence-electron chi connectivity index (χ4n) is 3.68. The molecule has 1 amide bonds. The van der Waals surface area contributed by atoms with Crippen molar-refractivity contribution in [2.75, 3.05) is 40.8 Å². The largest absolute Gasteiger partial charge is 0.444 e. The van der Waals surface area contributed by atoms with Crippen molar-refractivity contribution in [2.45, 2.75) is 71.6 Å². The van der Waals surface area contributed by atoms with Gasteiger partial charge in [0.25, 0.3) is 0 Å². The first-order chi connectivity index (χ1) is 12.6. The van der Waals surface area contributed by atoms with E-state index in [-0.39, 0.29) is 36.1 Å². The topological polar surface area (TPSA) is 69.2 Å². The van der Waals surface area contributed by atoms with Gasteiger partial charge in [-0.15, -0.1) is 24.0 Å². The van der Waals surface area contributed by atoms with E-state index in [1.807, 2.05) is 27.8 Å². The van der Waals surface area contributed by atoms with Crippen molar-refractivity contribution >= 4 is 36.0 Å². The van der Waals surface area contributed by atoms with Crippen LogP contribution in [-0.2, 0) is 4.74 Å². The summed E-state index contributed by atoms with van der Waals surface area (Å²) in [4.78, 5) is 21.0. The summed E-state index contributed by atoms with van der Waals surface area (Å²) in [5.41, 5.74) is -0.476. The second kappa shape index (κ2) is 12.7. The van der Waals surface area contributed by atoms with Crippen molar-refractivity contribution in [3.05, 3.63) is 0 Å². The van der Waals surface area contributed by atoms with E-state index < -0.39 is 5.60 Å². The Hall–Kier alpha value is -0.770. The maximum atomic E-state index is 12.0. The van der Waals surface area contributed by atoms with Gasteiger partial charge in [0, 0.05) is 32.7 Å². The fraction of sp³-hybridized carbons (Fsp3) is 0.900. The molecule has 1 heterocycles. The number of guanidine groups is 1. The Morgan fingerprint density at radius 3 is 2.36 bits per heavy atom. The number of carbonyl (C=O) groups is 1. The van der Waals surface area contributed by atoms with E-state index in [9.17, 15) is 4.79 Å². The number of rotatable bonds is 7. The maximum absolute atomic E-state index is 12.0. The molecule has 0 saturated carbocycles. The lowest BCUT2D eigenvalue weighted by Gasteiger charge is -2.33. The van der Waals surface area contributed by atoms with E-state index in [1.54, 1.807) is 0 Å². The lowest BCUT2D eigenvalue weighted by Crippen LogP contribution is -2.49. The smallest absolute Gasteiger partial charge is 0.407 e. The molecule has 7 nitrogen and oxygen atoms in total. The van der Waals surface area contributed by atoms with Gasteiger partial charge in [-0.2, -0.15) is 0 Å². The zero-order valence-corrected chi connectivity index (χ0v) is 21.4. The molecule has 2 unspecified atom stereocenters. The second-order valence-electron chi connectivity index (χ2n) is 8.61. The zero-order valence-electron chi connectivity index (χ0n) is 19.0. The average molecular weight is 511 g/mol. The zero-order chi connectivity index (χ0) is 20.6. The quantitative estimate of drug-likeness (QED) is 0.312. The van der Waals surface area contributed by atoms with Crippen molar-refractivity contribution in [1.82, 2.24) is 20.4 Å². The highest BCUT2D eigenvalue weighted by Gasteiger charge is 2.28. The van der Waals surface area contributed by atoms with E-state index in [4.69, 9.17) is 4.74 Å². The monoisotopic (exact) mass is 511 g/mol. The lowest BCUT2D eigenvalue weighted by atomic mass is 9.93. The normalized spacial score (nSPS) is 18.9. The van der Waals surface area contributed by atoms with Crippen LogP contribution < -0.4 is 10.6 Å². The van der Waals surface area contributed by atoms with E-state index in [0.29, 0.717) is 12.0 Å². The summed E-state index contributed by atoms with van der Waals surface area (Å²) >= 11 is 0. The van der Waals surface area contributed by atoms with Gasteiger partial charge in [-0.1, -0.05) is 26.7 Å². The minimum atomic E-state index is -0.476. The maximum Gasteiger partial charge on any atom is 0.407 e. The van der Waals surface area contributed by atoms with Gasteiger partial charge >= 0.3 is 6.09 Å². The van der Waals surface area contributed by atoms with Gasteiger partial charge in [-0.3, -0.25) is 4.99 Å². The van der Waals surface area contributed by atoms with Crippen LogP contribution in [0, 0.1) is 5.92 Å². The summed E-state index contributed by atoms with van der Waals surface area (Å²) in [5, 5.41) is 6.51. The molecule has 28 heavy (non-hydrogen) atoms. The predicted molar refractivity (Wildman–Crippen MR) is 128 cm³/mol. The van der Waals surface area contributed by atoms with Gasteiger partial charge in [0.2, 0.25) is 0 Å². The van der Waals surface area contributed by atoms with Gasteiger partial charge in [0.15, 0.2) is 5.96 Å². The Labute approximate surface area is 189 Å². The molecule has 0 spiro atoms. The number of nitrogens with one attached hydrogen (secondary N) is 2. The first-order valence-corrected chi connectivity index (χ1v) is 10.2. The molecule has 1 rings (SSSR count). The molecular weight excluding hydrogens is 469 g/mol. The highest BCUT2D eigenvalue weighted by molar-refractivity contribution is 14.0. The number of hydrogen-bond acceptors (Lipinski definition) is 4. The number of carbonyl (C=O) groups excluding carboxylic acids is 1. The number of likely N-dealkylation sites (N-methyl/N-ethyl adjacent to an activating group) is 1. The van der Waals surface area contributed by atoms with Crippen LogP contribution in [-0.4, -0.2) is 80.3 Å². The van der Waals surface area contributed by atoms with Crippen LogP contribution in [0.15, 0.2) is 4.99 Å². The first kappa shape index (κ1) is 27.2. The molecule has 2 atom stereocenters. The van der Waals surface area contributed by atoms with Crippen LogP contribution in [0.2, 0.25) is 0 Å². The molecule has 1 saturated heterocycles. The molecular formula is C20H42IN5O2. The molecule has 0 bridgehead atoms. The number of halogens is 1. The Morgan fingerprint density at radius 1 is 1.29 bits per heavy atom. The minimum Gasteiger partial charge on any atom is -0.444 e. The van der Waals surface area contributed by atoms with Crippen molar-refractivity contribution in [2.24, 2.45) is 10.9 Å². The number of likely N-dealkylation sites (tertiary alicyclic amines) is 1. The van der Waals surface area contributed by atoms with Crippen LogP contribution in [0.1, 0.15) is 53.9 Å². The van der Waals surface area contributed by atoms with Crippen molar-refractivity contribution in [3.8, 4) is 0 Å². The highest BCUT2D eigenvalue weighted by Crippen LogP contribution is 2.17. The third-order valence-corrected chi connectivity index (χ3v) is 5.15. The van der Waals surface area contributed by atoms with E-state index >= 15 is 0 Å². The molecule has 0 aromatic heterocycles. The molecule has 0 radical (unpaired) electrons. The lowest BCUT2D eigenvalue weighted by molar-refractivity contribution is 0.0507. The standard InChI is InChI=1S/C20H41N5O2.HI/c1-9-15(10-2)17(24(7)8)13-22-18(21-6)25-12-11-16(14-25)23-19(26)27-20(3,4)5;/h15-17H,9-14H2,1-8H3,(H,21,22)(H,23,26);1H. The van der Waals surface area contributed by atoms with Crippen LogP contribution >= 0.6 is 24.0 Å². The highest BCUT2D eigenvalue weighted by atomic mass is 127. The van der Waals surface area contributed by atoms with E-state index in [2.05, 4.69) is 53.4 Å². The molecule has 166 valence electrons. The van der Waals surface area contributed by atoms with Gasteiger partial charge in [-0.05, 0) is 47.2 Å². The summed E-state index contributed by atoms with van der Waals surface area (Å²) in [6.45, 7) is 12.6. The third-order valence-electron chi connectivity index (χ3n) is 5.15. The second-order valence-corrected chi connectivity index (χ2v) is 8.61. The Kier molecular flexibility index (Phi) is 12.4. The first-order valence-electron chi connectivity index (χ1n) is 10.2. The number of aliphatic imine (C=N–C) groups is 1. The van der Waals surface area contributed by atoms with Crippen molar-refractivity contribution < 1.29 is 9.53 Å². The fourth-order valence-corrected chi connectivity index (χ4v) is 3.68. The number of alkyl carbamates (subject to hydrolysis) is 1. The van der Waals surface area contributed by atoms with Crippen LogP contribution in [0.3, 0.4) is 0 Å². The molecule has 1 aliphatic rings. The summed E-state index contributed by atoms with van der Waals surface area (Å²) in [5.74, 6) is 1.56. The molecule has 1 aliphatic heterocycles. The molecule has 0 aromatic carbocycles. The SMILES string of the molecule is CCC(CC)C(CNC(=NC)N1CCC(NC(=O)OC(C)(C)C)C1)N(C)C.I. The molecule has 0 aromatic rings.